The van der Waals surface area contributed by atoms with Crippen molar-refractivity contribution in [1.29, 1.82) is 0 Å². The van der Waals surface area contributed by atoms with Crippen LogP contribution >= 0.6 is 11.3 Å². The molecular weight excluding hydrogens is 398 g/mol. The fourth-order valence-electron chi connectivity index (χ4n) is 3.86. The highest BCUT2D eigenvalue weighted by atomic mass is 32.1. The number of aryl methyl sites for hydroxylation is 1. The molecule has 4 heterocycles. The van der Waals surface area contributed by atoms with Gasteiger partial charge >= 0.3 is 5.97 Å². The van der Waals surface area contributed by atoms with Crippen molar-refractivity contribution in [3.8, 4) is 17.1 Å². The SMILES string of the molecule is Cc1ccc(OC(=O)c2sc3nc4c(c(-c5ccco5)c3c2N)CN(C)CC4)cc1. The molecule has 6 nitrogen and oxygen atoms in total. The number of hydrogen-bond acceptors (Lipinski definition) is 7. The molecule has 152 valence electrons. The summed E-state index contributed by atoms with van der Waals surface area (Å²) >= 11 is 1.27. The monoisotopic (exact) mass is 419 g/mol. The number of aromatic nitrogens is 1. The molecule has 0 atom stereocenters. The number of benzene rings is 1. The van der Waals surface area contributed by atoms with Gasteiger partial charge in [0, 0.05) is 36.2 Å². The number of nitrogen functional groups attached to an aromatic ring is 1. The van der Waals surface area contributed by atoms with Crippen LogP contribution in [0.25, 0.3) is 21.5 Å². The normalized spacial score (nSPS) is 14.1. The average molecular weight is 420 g/mol. The van der Waals surface area contributed by atoms with E-state index < -0.39 is 5.97 Å². The Morgan fingerprint density at radius 3 is 2.80 bits per heavy atom. The van der Waals surface area contributed by atoms with Gasteiger partial charge in [0.15, 0.2) is 0 Å². The van der Waals surface area contributed by atoms with Crippen LogP contribution in [0.2, 0.25) is 0 Å². The smallest absolute Gasteiger partial charge is 0.355 e. The summed E-state index contributed by atoms with van der Waals surface area (Å²) in [4.78, 5) is 21.1. The first kappa shape index (κ1) is 18.8. The standard InChI is InChI=1S/C23H21N3O3S/c1-13-5-7-14(8-6-13)29-23(27)21-20(24)19-18(17-4-3-11-28-17)15-12-26(2)10-9-16(15)25-22(19)30-21/h3-8,11H,9-10,12,24H2,1-2H3. The molecule has 4 aromatic rings. The first-order valence-corrected chi connectivity index (χ1v) is 10.6. The van der Waals surface area contributed by atoms with E-state index in [4.69, 9.17) is 19.9 Å². The molecule has 1 aliphatic heterocycles. The van der Waals surface area contributed by atoms with E-state index in [2.05, 4.69) is 11.9 Å². The zero-order valence-corrected chi connectivity index (χ0v) is 17.6. The molecule has 0 spiro atoms. The molecule has 2 N–H and O–H groups in total. The van der Waals surface area contributed by atoms with Gasteiger partial charge in [-0.1, -0.05) is 17.7 Å². The van der Waals surface area contributed by atoms with Crippen molar-refractivity contribution in [1.82, 2.24) is 9.88 Å². The van der Waals surface area contributed by atoms with Crippen molar-refractivity contribution in [2.24, 2.45) is 0 Å². The zero-order valence-electron chi connectivity index (χ0n) is 16.8. The molecule has 5 rings (SSSR count). The maximum atomic E-state index is 12.9. The van der Waals surface area contributed by atoms with Crippen LogP contribution in [0.15, 0.2) is 47.1 Å². The number of furan rings is 1. The van der Waals surface area contributed by atoms with E-state index in [1.807, 2.05) is 31.2 Å². The Balaban J connectivity index is 1.65. The summed E-state index contributed by atoms with van der Waals surface area (Å²) in [7, 11) is 2.08. The maximum Gasteiger partial charge on any atom is 0.355 e. The maximum absolute atomic E-state index is 12.9. The van der Waals surface area contributed by atoms with Gasteiger partial charge in [-0.05, 0) is 43.8 Å². The summed E-state index contributed by atoms with van der Waals surface area (Å²) in [6.45, 7) is 3.68. The fraction of sp³-hybridized carbons (Fsp3) is 0.217. The second kappa shape index (κ2) is 7.27. The fourth-order valence-corrected chi connectivity index (χ4v) is 4.86. The molecule has 30 heavy (non-hydrogen) atoms. The molecule has 0 bridgehead atoms. The molecule has 0 radical (unpaired) electrons. The number of anilines is 1. The molecule has 0 saturated heterocycles. The van der Waals surface area contributed by atoms with E-state index in [1.54, 1.807) is 18.4 Å². The largest absolute Gasteiger partial charge is 0.464 e. The summed E-state index contributed by atoms with van der Waals surface area (Å²) in [6.07, 6.45) is 2.49. The molecule has 3 aromatic heterocycles. The second-order valence-corrected chi connectivity index (χ2v) is 8.60. The minimum absolute atomic E-state index is 0.363. The van der Waals surface area contributed by atoms with Crippen molar-refractivity contribution in [3.63, 3.8) is 0 Å². The van der Waals surface area contributed by atoms with Gasteiger partial charge in [-0.15, -0.1) is 11.3 Å². The van der Waals surface area contributed by atoms with Crippen LogP contribution in [-0.4, -0.2) is 29.4 Å². The van der Waals surface area contributed by atoms with Crippen molar-refractivity contribution < 1.29 is 13.9 Å². The predicted octanol–water partition coefficient (Wildman–Crippen LogP) is 4.65. The van der Waals surface area contributed by atoms with Gasteiger partial charge in [-0.3, -0.25) is 0 Å². The Bertz CT molecular complexity index is 1240. The second-order valence-electron chi connectivity index (χ2n) is 7.60. The van der Waals surface area contributed by atoms with Gasteiger partial charge in [0.05, 0.1) is 12.0 Å². The number of rotatable bonds is 3. The Morgan fingerprint density at radius 2 is 2.07 bits per heavy atom. The number of likely N-dealkylation sites (N-methyl/N-ethyl adjacent to an activating group) is 1. The van der Waals surface area contributed by atoms with Gasteiger partial charge < -0.3 is 19.8 Å². The van der Waals surface area contributed by atoms with Crippen LogP contribution in [0.1, 0.15) is 26.5 Å². The lowest BCUT2D eigenvalue weighted by molar-refractivity contribution is 0.0741. The van der Waals surface area contributed by atoms with Crippen molar-refractivity contribution in [2.45, 2.75) is 19.9 Å². The van der Waals surface area contributed by atoms with E-state index in [-0.39, 0.29) is 0 Å². The van der Waals surface area contributed by atoms with Crippen LogP contribution in [0.4, 0.5) is 5.69 Å². The van der Waals surface area contributed by atoms with Crippen LogP contribution < -0.4 is 10.5 Å². The van der Waals surface area contributed by atoms with Crippen molar-refractivity contribution in [2.75, 3.05) is 19.3 Å². The van der Waals surface area contributed by atoms with Crippen LogP contribution in [-0.2, 0) is 13.0 Å². The number of esters is 1. The number of nitrogens with zero attached hydrogens (tertiary/aromatic N) is 2. The van der Waals surface area contributed by atoms with Gasteiger partial charge in [0.2, 0.25) is 0 Å². The van der Waals surface area contributed by atoms with E-state index in [9.17, 15) is 4.79 Å². The minimum atomic E-state index is -0.472. The predicted molar refractivity (Wildman–Crippen MR) is 118 cm³/mol. The molecule has 1 aliphatic rings. The first-order chi connectivity index (χ1) is 14.5. The van der Waals surface area contributed by atoms with Gasteiger partial charge in [0.1, 0.15) is 21.2 Å². The van der Waals surface area contributed by atoms with E-state index in [0.29, 0.717) is 16.3 Å². The molecular formula is C23H21N3O3S. The van der Waals surface area contributed by atoms with Crippen molar-refractivity contribution >= 4 is 33.2 Å². The topological polar surface area (TPSA) is 81.6 Å². The number of carbonyl (C=O) groups excluding carboxylic acids is 1. The summed E-state index contributed by atoms with van der Waals surface area (Å²) < 4.78 is 11.3. The summed E-state index contributed by atoms with van der Waals surface area (Å²) in [5, 5.41) is 0.764. The van der Waals surface area contributed by atoms with E-state index >= 15 is 0 Å². The first-order valence-electron chi connectivity index (χ1n) is 9.76. The Labute approximate surface area is 177 Å². The third kappa shape index (κ3) is 3.16. The highest BCUT2D eigenvalue weighted by molar-refractivity contribution is 7.21. The lowest BCUT2D eigenvalue weighted by Gasteiger charge is -2.26. The van der Waals surface area contributed by atoms with Gasteiger partial charge in [-0.25, -0.2) is 9.78 Å². The summed E-state index contributed by atoms with van der Waals surface area (Å²) in [6, 6.07) is 11.1. The number of hydrogen-bond donors (Lipinski definition) is 1. The molecule has 0 amide bonds. The average Bonchev–Trinajstić information content (AvgIpc) is 3.37. The molecule has 7 heteroatoms. The Kier molecular flexibility index (Phi) is 4.56. The lowest BCUT2D eigenvalue weighted by Crippen LogP contribution is -2.27. The number of nitrogens with two attached hydrogens (primary N) is 1. The third-order valence-corrected chi connectivity index (χ3v) is 6.49. The van der Waals surface area contributed by atoms with Crippen LogP contribution in [0.3, 0.4) is 0 Å². The Morgan fingerprint density at radius 1 is 1.27 bits per heavy atom. The van der Waals surface area contributed by atoms with Gasteiger partial charge in [-0.2, -0.15) is 0 Å². The number of thiophene rings is 1. The van der Waals surface area contributed by atoms with Gasteiger partial charge in [0.25, 0.3) is 0 Å². The molecule has 0 saturated carbocycles. The van der Waals surface area contributed by atoms with E-state index in [1.165, 1.54) is 11.3 Å². The van der Waals surface area contributed by atoms with E-state index in [0.717, 1.165) is 57.9 Å². The van der Waals surface area contributed by atoms with Crippen LogP contribution in [0, 0.1) is 6.92 Å². The quantitative estimate of drug-likeness (QED) is 0.384. The third-order valence-electron chi connectivity index (χ3n) is 5.41. The zero-order chi connectivity index (χ0) is 20.8. The molecule has 0 aliphatic carbocycles. The minimum Gasteiger partial charge on any atom is -0.464 e. The summed E-state index contributed by atoms with van der Waals surface area (Å²) in [5.41, 5.74) is 11.1. The molecule has 0 fully saturated rings. The highest BCUT2D eigenvalue weighted by Gasteiger charge is 2.28. The number of pyridine rings is 1. The molecule has 0 unspecified atom stereocenters. The van der Waals surface area contributed by atoms with Crippen LogP contribution in [0.5, 0.6) is 5.75 Å². The lowest BCUT2D eigenvalue weighted by atomic mass is 9.95. The Hall–Kier alpha value is -3.16. The number of fused-ring (bicyclic) bond motifs is 2. The van der Waals surface area contributed by atoms with Crippen molar-refractivity contribution in [3.05, 3.63) is 64.4 Å². The molecule has 1 aromatic carbocycles. The highest BCUT2D eigenvalue weighted by Crippen LogP contribution is 2.43. The number of ether oxygens (including phenoxy) is 1. The summed E-state index contributed by atoms with van der Waals surface area (Å²) in [5.74, 6) is 0.749. The number of carbonyl (C=O) groups is 1.